The van der Waals surface area contributed by atoms with Gasteiger partial charge in [-0.3, -0.25) is 9.59 Å². The van der Waals surface area contributed by atoms with Crippen molar-refractivity contribution in [2.24, 2.45) is 11.3 Å². The molecule has 0 aromatic rings. The first kappa shape index (κ1) is 12.6. The predicted molar refractivity (Wildman–Crippen MR) is 70.6 cm³/mol. The van der Waals surface area contributed by atoms with E-state index >= 15 is 0 Å². The first-order chi connectivity index (χ1) is 9.50. The Morgan fingerprint density at radius 2 is 1.85 bits per heavy atom. The molecule has 4 rings (SSSR count). The second-order valence-electron chi connectivity index (χ2n) is 7.33. The van der Waals surface area contributed by atoms with E-state index in [0.717, 1.165) is 32.1 Å². The van der Waals surface area contributed by atoms with Gasteiger partial charge in [0.1, 0.15) is 0 Å². The number of nitrogens with zero attached hydrogens (tertiary/aromatic N) is 1. The number of rotatable bonds is 3. The summed E-state index contributed by atoms with van der Waals surface area (Å²) in [4.78, 5) is 25.4. The van der Waals surface area contributed by atoms with E-state index in [2.05, 4.69) is 5.32 Å². The van der Waals surface area contributed by atoms with Crippen LogP contribution in [-0.4, -0.2) is 41.5 Å². The monoisotopic (exact) mass is 280 g/mol. The summed E-state index contributed by atoms with van der Waals surface area (Å²) in [7, 11) is 0. The van der Waals surface area contributed by atoms with Gasteiger partial charge in [-0.2, -0.15) is 0 Å². The van der Waals surface area contributed by atoms with Gasteiger partial charge >= 0.3 is 0 Å². The molecule has 1 aliphatic heterocycles. The highest BCUT2D eigenvalue weighted by atomic mass is 19.1. The molecule has 0 atom stereocenters. The Labute approximate surface area is 118 Å². The Balaban J connectivity index is 1.29. The van der Waals surface area contributed by atoms with Gasteiger partial charge in [0.2, 0.25) is 5.91 Å². The minimum absolute atomic E-state index is 0.155. The van der Waals surface area contributed by atoms with Gasteiger partial charge in [-0.25, -0.2) is 4.39 Å². The van der Waals surface area contributed by atoms with Crippen molar-refractivity contribution in [2.45, 2.75) is 56.7 Å². The average molecular weight is 280 g/mol. The van der Waals surface area contributed by atoms with Crippen molar-refractivity contribution < 1.29 is 14.0 Å². The lowest BCUT2D eigenvalue weighted by Crippen LogP contribution is -2.52. The molecule has 3 aliphatic carbocycles. The SMILES string of the molecule is O=C(NC1CC2(CCN(C(=O)C3(F)CC3)C2)C1)C1CC1. The van der Waals surface area contributed by atoms with E-state index in [1.807, 2.05) is 0 Å². The Morgan fingerprint density at radius 1 is 1.15 bits per heavy atom. The van der Waals surface area contributed by atoms with Gasteiger partial charge in [-0.1, -0.05) is 0 Å². The number of alkyl halides is 1. The van der Waals surface area contributed by atoms with Crippen LogP contribution < -0.4 is 5.32 Å². The second-order valence-corrected chi connectivity index (χ2v) is 7.33. The van der Waals surface area contributed by atoms with Gasteiger partial charge in [-0.15, -0.1) is 0 Å². The highest BCUT2D eigenvalue weighted by molar-refractivity contribution is 5.88. The fourth-order valence-electron chi connectivity index (χ4n) is 3.80. The number of carbonyl (C=O) groups is 2. The first-order valence-corrected chi connectivity index (χ1v) is 7.78. The van der Waals surface area contributed by atoms with Gasteiger partial charge in [0.05, 0.1) is 0 Å². The number of hydrogen-bond donors (Lipinski definition) is 1. The van der Waals surface area contributed by atoms with Gasteiger partial charge < -0.3 is 10.2 Å². The van der Waals surface area contributed by atoms with Crippen molar-refractivity contribution in [1.82, 2.24) is 10.2 Å². The van der Waals surface area contributed by atoms with Gasteiger partial charge in [0, 0.05) is 25.0 Å². The summed E-state index contributed by atoms with van der Waals surface area (Å²) in [6.45, 7) is 1.38. The molecular formula is C15H21FN2O2. The number of halogens is 1. The van der Waals surface area contributed by atoms with Crippen molar-refractivity contribution in [3.8, 4) is 0 Å². The molecule has 1 spiro atoms. The number of likely N-dealkylation sites (tertiary alicyclic amines) is 1. The molecule has 4 fully saturated rings. The molecule has 1 heterocycles. The number of carbonyl (C=O) groups excluding carboxylic acids is 2. The van der Waals surface area contributed by atoms with Gasteiger partial charge in [0.25, 0.3) is 5.91 Å². The Morgan fingerprint density at radius 3 is 2.45 bits per heavy atom. The molecule has 3 saturated carbocycles. The molecular weight excluding hydrogens is 259 g/mol. The van der Waals surface area contributed by atoms with Crippen LogP contribution in [0.1, 0.15) is 44.9 Å². The molecule has 110 valence electrons. The maximum absolute atomic E-state index is 13.8. The Kier molecular flexibility index (Phi) is 2.49. The molecule has 20 heavy (non-hydrogen) atoms. The smallest absolute Gasteiger partial charge is 0.260 e. The summed E-state index contributed by atoms with van der Waals surface area (Å²) in [6.07, 6.45) is 5.73. The van der Waals surface area contributed by atoms with Crippen LogP contribution in [0.4, 0.5) is 4.39 Å². The van der Waals surface area contributed by atoms with Crippen molar-refractivity contribution >= 4 is 11.8 Å². The summed E-state index contributed by atoms with van der Waals surface area (Å²) in [6, 6.07) is 0.276. The van der Waals surface area contributed by atoms with Crippen molar-refractivity contribution in [3.63, 3.8) is 0 Å². The lowest BCUT2D eigenvalue weighted by molar-refractivity contribution is -0.138. The minimum atomic E-state index is -1.53. The van der Waals surface area contributed by atoms with Crippen molar-refractivity contribution in [3.05, 3.63) is 0 Å². The molecule has 1 N–H and O–H groups in total. The summed E-state index contributed by atoms with van der Waals surface area (Å²) >= 11 is 0. The van der Waals surface area contributed by atoms with Crippen LogP contribution >= 0.6 is 0 Å². The van der Waals surface area contributed by atoms with Crippen LogP contribution in [0.15, 0.2) is 0 Å². The molecule has 0 bridgehead atoms. The van der Waals surface area contributed by atoms with Crippen LogP contribution in [-0.2, 0) is 9.59 Å². The molecule has 1 saturated heterocycles. The van der Waals surface area contributed by atoms with Crippen LogP contribution in [0.5, 0.6) is 0 Å². The Hall–Kier alpha value is -1.13. The maximum Gasteiger partial charge on any atom is 0.260 e. The van der Waals surface area contributed by atoms with E-state index < -0.39 is 5.67 Å². The molecule has 4 nitrogen and oxygen atoms in total. The molecule has 2 amide bonds. The van der Waals surface area contributed by atoms with E-state index in [4.69, 9.17) is 0 Å². The standard InChI is InChI=1S/C15H21FN2O2/c16-15(3-4-15)13(20)18-6-5-14(9-18)7-11(8-14)17-12(19)10-1-2-10/h10-11H,1-9H2,(H,17,19). The van der Waals surface area contributed by atoms with Crippen LogP contribution in [0, 0.1) is 11.3 Å². The van der Waals surface area contributed by atoms with Crippen LogP contribution in [0.3, 0.4) is 0 Å². The third-order valence-corrected chi connectivity index (χ3v) is 5.45. The van der Waals surface area contributed by atoms with Crippen molar-refractivity contribution in [2.75, 3.05) is 13.1 Å². The number of hydrogen-bond acceptors (Lipinski definition) is 2. The maximum atomic E-state index is 13.8. The van der Waals surface area contributed by atoms with E-state index in [-0.39, 0.29) is 29.2 Å². The van der Waals surface area contributed by atoms with Crippen molar-refractivity contribution in [1.29, 1.82) is 0 Å². The first-order valence-electron chi connectivity index (χ1n) is 7.78. The number of nitrogens with one attached hydrogen (secondary N) is 1. The van der Waals surface area contributed by atoms with Crippen LogP contribution in [0.25, 0.3) is 0 Å². The quantitative estimate of drug-likeness (QED) is 0.849. The molecule has 0 unspecified atom stereocenters. The Bertz CT molecular complexity index is 464. The van der Waals surface area contributed by atoms with E-state index in [0.29, 0.717) is 25.9 Å². The zero-order chi connectivity index (χ0) is 14.0. The van der Waals surface area contributed by atoms with E-state index in [9.17, 15) is 14.0 Å². The highest BCUT2D eigenvalue weighted by Gasteiger charge is 2.57. The summed E-state index contributed by atoms with van der Waals surface area (Å²) < 4.78 is 13.8. The van der Waals surface area contributed by atoms with Gasteiger partial charge in [0.15, 0.2) is 5.67 Å². The van der Waals surface area contributed by atoms with Crippen LogP contribution in [0.2, 0.25) is 0 Å². The second kappa shape index (κ2) is 3.95. The molecule has 4 aliphatic rings. The zero-order valence-electron chi connectivity index (χ0n) is 11.7. The molecule has 0 aromatic carbocycles. The van der Waals surface area contributed by atoms with Gasteiger partial charge in [-0.05, 0) is 50.4 Å². The predicted octanol–water partition coefficient (Wildman–Crippen LogP) is 1.40. The minimum Gasteiger partial charge on any atom is -0.353 e. The largest absolute Gasteiger partial charge is 0.353 e. The topological polar surface area (TPSA) is 49.4 Å². The highest BCUT2D eigenvalue weighted by Crippen LogP contribution is 2.50. The third kappa shape index (κ3) is 2.02. The summed E-state index contributed by atoms with van der Waals surface area (Å²) in [5.41, 5.74) is -1.38. The van der Waals surface area contributed by atoms with E-state index in [1.54, 1.807) is 4.90 Å². The molecule has 5 heteroatoms. The fourth-order valence-corrected chi connectivity index (χ4v) is 3.80. The normalized spacial score (nSPS) is 37.6. The number of amides is 2. The lowest BCUT2D eigenvalue weighted by atomic mass is 9.65. The fraction of sp³-hybridized carbons (Fsp3) is 0.867. The zero-order valence-corrected chi connectivity index (χ0v) is 11.7. The average Bonchev–Trinajstić information content (AvgIpc) is 3.28. The molecule has 0 aromatic heterocycles. The lowest BCUT2D eigenvalue weighted by Gasteiger charge is -2.45. The third-order valence-electron chi connectivity index (χ3n) is 5.45. The molecule has 0 radical (unpaired) electrons. The summed E-state index contributed by atoms with van der Waals surface area (Å²) in [5, 5.41) is 3.10. The summed E-state index contributed by atoms with van der Waals surface area (Å²) in [5.74, 6) is 0.172. The van der Waals surface area contributed by atoms with E-state index in [1.165, 1.54) is 0 Å².